The SMILES string of the molecule is COC(=O)NC(C(=O)NC(C)c1ccc2ccccc2c1)C(C)C. The van der Waals surface area contributed by atoms with Gasteiger partial charge in [-0.05, 0) is 35.2 Å². The molecule has 2 unspecified atom stereocenters. The van der Waals surface area contributed by atoms with Gasteiger partial charge in [0, 0.05) is 0 Å². The Morgan fingerprint density at radius 2 is 1.62 bits per heavy atom. The number of ether oxygens (including phenoxy) is 1. The Labute approximate surface area is 142 Å². The first-order valence-electron chi connectivity index (χ1n) is 8.06. The Kier molecular flexibility index (Phi) is 5.79. The number of alkyl carbamates (subject to hydrolysis) is 1. The number of hydrogen-bond acceptors (Lipinski definition) is 3. The van der Waals surface area contributed by atoms with E-state index in [4.69, 9.17) is 0 Å². The van der Waals surface area contributed by atoms with E-state index in [2.05, 4.69) is 27.5 Å². The van der Waals surface area contributed by atoms with E-state index in [1.165, 1.54) is 7.11 Å². The second-order valence-corrected chi connectivity index (χ2v) is 6.19. The van der Waals surface area contributed by atoms with Gasteiger partial charge in [-0.2, -0.15) is 0 Å². The van der Waals surface area contributed by atoms with Crippen LogP contribution in [0.25, 0.3) is 10.8 Å². The van der Waals surface area contributed by atoms with Crippen molar-refractivity contribution in [3.05, 3.63) is 48.0 Å². The standard InChI is InChI=1S/C19H24N2O3/c1-12(2)17(21-19(23)24-4)18(22)20-13(3)15-10-9-14-7-5-6-8-16(14)11-15/h5-13,17H,1-4H3,(H,20,22)(H,21,23). The third-order valence-electron chi connectivity index (χ3n) is 4.04. The molecule has 0 aliphatic rings. The minimum Gasteiger partial charge on any atom is -0.453 e. The summed E-state index contributed by atoms with van der Waals surface area (Å²) >= 11 is 0. The number of hydrogen-bond donors (Lipinski definition) is 2. The monoisotopic (exact) mass is 328 g/mol. The van der Waals surface area contributed by atoms with Gasteiger partial charge in [-0.1, -0.05) is 50.2 Å². The smallest absolute Gasteiger partial charge is 0.407 e. The maximum atomic E-state index is 12.5. The normalized spacial score (nSPS) is 13.4. The highest BCUT2D eigenvalue weighted by atomic mass is 16.5. The molecule has 24 heavy (non-hydrogen) atoms. The van der Waals surface area contributed by atoms with Gasteiger partial charge in [0.25, 0.3) is 0 Å². The van der Waals surface area contributed by atoms with Crippen LogP contribution in [0, 0.1) is 5.92 Å². The fourth-order valence-corrected chi connectivity index (χ4v) is 2.58. The summed E-state index contributed by atoms with van der Waals surface area (Å²) in [6, 6.07) is 13.4. The number of benzene rings is 2. The molecular formula is C19H24N2O3. The van der Waals surface area contributed by atoms with Crippen LogP contribution in [-0.2, 0) is 9.53 Å². The van der Waals surface area contributed by atoms with E-state index in [1.807, 2.05) is 51.1 Å². The van der Waals surface area contributed by atoms with Crippen LogP contribution in [0.1, 0.15) is 32.4 Å². The zero-order valence-corrected chi connectivity index (χ0v) is 14.5. The van der Waals surface area contributed by atoms with E-state index >= 15 is 0 Å². The molecule has 5 heteroatoms. The molecule has 0 bridgehead atoms. The highest BCUT2D eigenvalue weighted by Crippen LogP contribution is 2.20. The van der Waals surface area contributed by atoms with E-state index < -0.39 is 12.1 Å². The predicted molar refractivity (Wildman–Crippen MR) is 94.7 cm³/mol. The van der Waals surface area contributed by atoms with Gasteiger partial charge in [-0.15, -0.1) is 0 Å². The summed E-state index contributed by atoms with van der Waals surface area (Å²) in [6.07, 6.45) is -0.609. The molecule has 0 radical (unpaired) electrons. The molecule has 0 spiro atoms. The Hall–Kier alpha value is -2.56. The fourth-order valence-electron chi connectivity index (χ4n) is 2.58. The molecule has 2 atom stereocenters. The maximum Gasteiger partial charge on any atom is 0.407 e. The average Bonchev–Trinajstić information content (AvgIpc) is 2.58. The third-order valence-corrected chi connectivity index (χ3v) is 4.04. The first-order valence-corrected chi connectivity index (χ1v) is 8.06. The van der Waals surface area contributed by atoms with Gasteiger partial charge in [-0.3, -0.25) is 4.79 Å². The van der Waals surface area contributed by atoms with E-state index in [9.17, 15) is 9.59 Å². The van der Waals surface area contributed by atoms with Gasteiger partial charge >= 0.3 is 6.09 Å². The van der Waals surface area contributed by atoms with Gasteiger partial charge < -0.3 is 15.4 Å². The van der Waals surface area contributed by atoms with Crippen LogP contribution >= 0.6 is 0 Å². The molecule has 0 aliphatic carbocycles. The molecule has 2 aromatic rings. The molecule has 2 aromatic carbocycles. The second-order valence-electron chi connectivity index (χ2n) is 6.19. The lowest BCUT2D eigenvalue weighted by atomic mass is 10.0. The molecule has 5 nitrogen and oxygen atoms in total. The minimum absolute atomic E-state index is 0.0482. The maximum absolute atomic E-state index is 12.5. The Morgan fingerprint density at radius 3 is 2.25 bits per heavy atom. The molecular weight excluding hydrogens is 304 g/mol. The Morgan fingerprint density at radius 1 is 0.958 bits per heavy atom. The lowest BCUT2D eigenvalue weighted by Gasteiger charge is -2.23. The number of amides is 2. The molecule has 0 fully saturated rings. The summed E-state index contributed by atoms with van der Waals surface area (Å²) in [7, 11) is 1.28. The van der Waals surface area contributed by atoms with Crippen molar-refractivity contribution in [1.29, 1.82) is 0 Å². The van der Waals surface area contributed by atoms with Gasteiger partial charge in [0.1, 0.15) is 6.04 Å². The van der Waals surface area contributed by atoms with Crippen molar-refractivity contribution in [2.45, 2.75) is 32.9 Å². The number of carbonyl (C=O) groups is 2. The van der Waals surface area contributed by atoms with Crippen LogP contribution in [0.4, 0.5) is 4.79 Å². The van der Waals surface area contributed by atoms with E-state index in [1.54, 1.807) is 0 Å². The summed E-state index contributed by atoms with van der Waals surface area (Å²) in [5.41, 5.74) is 1.02. The highest BCUT2D eigenvalue weighted by Gasteiger charge is 2.25. The number of nitrogens with one attached hydrogen (secondary N) is 2. The molecule has 128 valence electrons. The molecule has 0 saturated carbocycles. The van der Waals surface area contributed by atoms with E-state index in [0.29, 0.717) is 0 Å². The van der Waals surface area contributed by atoms with Crippen molar-refractivity contribution in [1.82, 2.24) is 10.6 Å². The number of fused-ring (bicyclic) bond motifs is 1. The molecule has 0 aliphatic heterocycles. The van der Waals surface area contributed by atoms with Crippen molar-refractivity contribution in [2.24, 2.45) is 5.92 Å². The first kappa shape index (κ1) is 17.8. The first-order chi connectivity index (χ1) is 11.4. The fraction of sp³-hybridized carbons (Fsp3) is 0.368. The van der Waals surface area contributed by atoms with Crippen LogP contribution in [-0.4, -0.2) is 25.2 Å². The highest BCUT2D eigenvalue weighted by molar-refractivity contribution is 5.86. The van der Waals surface area contributed by atoms with Crippen LogP contribution in [0.2, 0.25) is 0 Å². The van der Waals surface area contributed by atoms with E-state index in [-0.39, 0.29) is 17.9 Å². The average molecular weight is 328 g/mol. The summed E-state index contributed by atoms with van der Waals surface area (Å²) < 4.78 is 4.59. The van der Waals surface area contributed by atoms with Crippen molar-refractivity contribution < 1.29 is 14.3 Å². The lowest BCUT2D eigenvalue weighted by molar-refractivity contribution is -0.124. The van der Waals surface area contributed by atoms with Crippen molar-refractivity contribution >= 4 is 22.8 Å². The third kappa shape index (κ3) is 4.25. The number of rotatable bonds is 5. The largest absolute Gasteiger partial charge is 0.453 e. The van der Waals surface area contributed by atoms with Crippen LogP contribution in [0.3, 0.4) is 0 Å². The van der Waals surface area contributed by atoms with Crippen LogP contribution in [0.15, 0.2) is 42.5 Å². The molecule has 2 N–H and O–H groups in total. The van der Waals surface area contributed by atoms with Gasteiger partial charge in [0.05, 0.1) is 13.2 Å². The van der Waals surface area contributed by atoms with Crippen molar-refractivity contribution in [3.8, 4) is 0 Å². The molecule has 0 aromatic heterocycles. The Bertz CT molecular complexity index is 727. The molecule has 0 heterocycles. The van der Waals surface area contributed by atoms with Crippen LogP contribution in [0.5, 0.6) is 0 Å². The van der Waals surface area contributed by atoms with E-state index in [0.717, 1.165) is 16.3 Å². The van der Waals surface area contributed by atoms with Gasteiger partial charge in [0.2, 0.25) is 5.91 Å². The summed E-state index contributed by atoms with van der Waals surface area (Å²) in [4.78, 5) is 23.9. The Balaban J connectivity index is 2.11. The van der Waals surface area contributed by atoms with Crippen molar-refractivity contribution in [3.63, 3.8) is 0 Å². The topological polar surface area (TPSA) is 67.4 Å². The molecule has 0 saturated heterocycles. The zero-order valence-electron chi connectivity index (χ0n) is 14.5. The summed E-state index contributed by atoms with van der Waals surface area (Å²) in [6.45, 7) is 5.68. The summed E-state index contributed by atoms with van der Waals surface area (Å²) in [5, 5.41) is 7.83. The number of methoxy groups -OCH3 is 1. The van der Waals surface area contributed by atoms with Gasteiger partial charge in [-0.25, -0.2) is 4.79 Å². The summed E-state index contributed by atoms with van der Waals surface area (Å²) in [5.74, 6) is -0.274. The van der Waals surface area contributed by atoms with Crippen LogP contribution < -0.4 is 10.6 Å². The minimum atomic E-state index is -0.639. The second kappa shape index (κ2) is 7.81. The van der Waals surface area contributed by atoms with Crippen molar-refractivity contribution in [2.75, 3.05) is 7.11 Å². The lowest BCUT2D eigenvalue weighted by Crippen LogP contribution is -2.50. The quantitative estimate of drug-likeness (QED) is 0.884. The molecule has 2 amide bonds. The molecule has 2 rings (SSSR count). The predicted octanol–water partition coefficient (Wildman–Crippen LogP) is 3.40. The zero-order chi connectivity index (χ0) is 17.7. The number of carbonyl (C=O) groups excluding carboxylic acids is 2. The van der Waals surface area contributed by atoms with Gasteiger partial charge in [0.15, 0.2) is 0 Å².